The second kappa shape index (κ2) is 8.83. The maximum absolute atomic E-state index is 13.0. The van der Waals surface area contributed by atoms with E-state index < -0.39 is 23.9 Å². The van der Waals surface area contributed by atoms with Crippen molar-refractivity contribution in [1.29, 1.82) is 0 Å². The van der Waals surface area contributed by atoms with Crippen molar-refractivity contribution in [3.8, 4) is 11.3 Å². The lowest BCUT2D eigenvalue weighted by atomic mass is 10.2. The molecule has 0 bridgehead atoms. The summed E-state index contributed by atoms with van der Waals surface area (Å²) in [4.78, 5) is 36.1. The number of amides is 2. The van der Waals surface area contributed by atoms with Gasteiger partial charge in [-0.1, -0.05) is 18.2 Å². The fourth-order valence-corrected chi connectivity index (χ4v) is 2.37. The summed E-state index contributed by atoms with van der Waals surface area (Å²) in [5.74, 6) is -2.23. The molecular weight excluding hydrogens is 379 g/mol. The maximum atomic E-state index is 13.0. The number of hydrogen-bond donors (Lipinski definition) is 2. The van der Waals surface area contributed by atoms with E-state index in [9.17, 15) is 18.8 Å². The SMILES string of the molecule is C[C@@H](OC(=O)c1ccc(-c2ccc(F)cc2)o1)C(=O)NNC(=O)c1ccccc1. The van der Waals surface area contributed by atoms with E-state index in [1.807, 2.05) is 0 Å². The van der Waals surface area contributed by atoms with Gasteiger partial charge >= 0.3 is 5.97 Å². The molecule has 0 spiro atoms. The van der Waals surface area contributed by atoms with Crippen LogP contribution in [0.25, 0.3) is 11.3 Å². The molecule has 2 aromatic carbocycles. The van der Waals surface area contributed by atoms with Crippen LogP contribution in [0.15, 0.2) is 71.1 Å². The minimum absolute atomic E-state index is 0.114. The summed E-state index contributed by atoms with van der Waals surface area (Å²) < 4.78 is 23.5. The first-order chi connectivity index (χ1) is 13.9. The molecule has 2 amide bonds. The van der Waals surface area contributed by atoms with Crippen molar-refractivity contribution in [2.75, 3.05) is 0 Å². The normalized spacial score (nSPS) is 11.4. The molecule has 0 saturated carbocycles. The average molecular weight is 396 g/mol. The van der Waals surface area contributed by atoms with E-state index in [-0.39, 0.29) is 11.6 Å². The van der Waals surface area contributed by atoms with Gasteiger partial charge in [0.15, 0.2) is 6.10 Å². The third-order valence-electron chi connectivity index (χ3n) is 3.92. The number of nitrogens with one attached hydrogen (secondary N) is 2. The number of esters is 1. The topological polar surface area (TPSA) is 97.6 Å². The number of halogens is 1. The summed E-state index contributed by atoms with van der Waals surface area (Å²) >= 11 is 0. The van der Waals surface area contributed by atoms with Crippen LogP contribution < -0.4 is 10.9 Å². The monoisotopic (exact) mass is 396 g/mol. The molecule has 148 valence electrons. The second-order valence-electron chi connectivity index (χ2n) is 6.03. The molecule has 0 aliphatic carbocycles. The quantitative estimate of drug-likeness (QED) is 0.510. The van der Waals surface area contributed by atoms with Crippen molar-refractivity contribution < 1.29 is 27.9 Å². The van der Waals surface area contributed by atoms with Crippen LogP contribution in [0.2, 0.25) is 0 Å². The zero-order chi connectivity index (χ0) is 20.8. The molecule has 1 heterocycles. The molecule has 0 aliphatic rings. The molecule has 29 heavy (non-hydrogen) atoms. The van der Waals surface area contributed by atoms with Gasteiger partial charge in [0.05, 0.1) is 0 Å². The Morgan fingerprint density at radius 1 is 0.931 bits per heavy atom. The highest BCUT2D eigenvalue weighted by Gasteiger charge is 2.22. The van der Waals surface area contributed by atoms with Crippen molar-refractivity contribution in [3.63, 3.8) is 0 Å². The fraction of sp³-hybridized carbons (Fsp3) is 0.0952. The number of hydrogen-bond acceptors (Lipinski definition) is 5. The van der Waals surface area contributed by atoms with Crippen LogP contribution in [0.4, 0.5) is 4.39 Å². The first kappa shape index (κ1) is 19.8. The number of carbonyl (C=O) groups excluding carboxylic acids is 3. The van der Waals surface area contributed by atoms with Crippen molar-refractivity contribution in [1.82, 2.24) is 10.9 Å². The lowest BCUT2D eigenvalue weighted by Gasteiger charge is -2.13. The summed E-state index contributed by atoms with van der Waals surface area (Å²) in [5.41, 5.74) is 5.38. The number of furan rings is 1. The fourth-order valence-electron chi connectivity index (χ4n) is 2.37. The van der Waals surface area contributed by atoms with Gasteiger partial charge in [-0.2, -0.15) is 0 Å². The van der Waals surface area contributed by atoms with Crippen LogP contribution >= 0.6 is 0 Å². The molecule has 0 fully saturated rings. The highest BCUT2D eigenvalue weighted by molar-refractivity contribution is 5.96. The molecule has 0 unspecified atom stereocenters. The summed E-state index contributed by atoms with van der Waals surface area (Å²) in [7, 11) is 0. The van der Waals surface area contributed by atoms with Gasteiger partial charge in [-0.05, 0) is 55.5 Å². The van der Waals surface area contributed by atoms with Crippen molar-refractivity contribution in [3.05, 3.63) is 83.9 Å². The summed E-state index contributed by atoms with van der Waals surface area (Å²) in [6.45, 7) is 1.35. The summed E-state index contributed by atoms with van der Waals surface area (Å²) in [5, 5.41) is 0. The third-order valence-corrected chi connectivity index (χ3v) is 3.92. The predicted octanol–water partition coefficient (Wildman–Crippen LogP) is 3.09. The number of ether oxygens (including phenoxy) is 1. The average Bonchev–Trinajstić information content (AvgIpc) is 3.23. The second-order valence-corrected chi connectivity index (χ2v) is 6.03. The molecule has 8 heteroatoms. The Balaban J connectivity index is 1.54. The van der Waals surface area contributed by atoms with Crippen LogP contribution in [0.3, 0.4) is 0 Å². The number of benzene rings is 2. The third kappa shape index (κ3) is 5.07. The predicted molar refractivity (Wildman–Crippen MR) is 101 cm³/mol. The highest BCUT2D eigenvalue weighted by atomic mass is 19.1. The molecule has 7 nitrogen and oxygen atoms in total. The molecule has 1 aromatic heterocycles. The van der Waals surface area contributed by atoms with Gasteiger partial charge in [0.25, 0.3) is 11.8 Å². The van der Waals surface area contributed by atoms with E-state index in [1.54, 1.807) is 30.3 Å². The van der Waals surface area contributed by atoms with Gasteiger partial charge in [-0.3, -0.25) is 20.4 Å². The molecule has 0 radical (unpaired) electrons. The van der Waals surface area contributed by atoms with Crippen LogP contribution in [0.5, 0.6) is 0 Å². The maximum Gasteiger partial charge on any atom is 0.375 e. The van der Waals surface area contributed by atoms with Crippen LogP contribution in [0, 0.1) is 5.82 Å². The van der Waals surface area contributed by atoms with E-state index in [2.05, 4.69) is 10.9 Å². The largest absolute Gasteiger partial charge is 0.449 e. The van der Waals surface area contributed by atoms with Gasteiger partial charge < -0.3 is 9.15 Å². The van der Waals surface area contributed by atoms with Gasteiger partial charge in [0, 0.05) is 11.1 Å². The summed E-state index contributed by atoms with van der Waals surface area (Å²) in [6, 6.07) is 16.8. The van der Waals surface area contributed by atoms with Crippen LogP contribution in [-0.2, 0) is 9.53 Å². The van der Waals surface area contributed by atoms with Gasteiger partial charge in [-0.15, -0.1) is 0 Å². The Morgan fingerprint density at radius 3 is 2.31 bits per heavy atom. The molecule has 0 aliphatic heterocycles. The van der Waals surface area contributed by atoms with Crippen LogP contribution in [-0.4, -0.2) is 23.9 Å². The van der Waals surface area contributed by atoms with Crippen molar-refractivity contribution in [2.45, 2.75) is 13.0 Å². The van der Waals surface area contributed by atoms with Crippen LogP contribution in [0.1, 0.15) is 27.8 Å². The zero-order valence-electron chi connectivity index (χ0n) is 15.3. The van der Waals surface area contributed by atoms with E-state index in [0.717, 1.165) is 0 Å². The van der Waals surface area contributed by atoms with Crippen molar-refractivity contribution >= 4 is 17.8 Å². The Bertz CT molecular complexity index is 1020. The first-order valence-electron chi connectivity index (χ1n) is 8.66. The molecule has 0 saturated heterocycles. The molecule has 3 rings (SSSR count). The first-order valence-corrected chi connectivity index (χ1v) is 8.66. The Morgan fingerprint density at radius 2 is 1.62 bits per heavy atom. The van der Waals surface area contributed by atoms with Gasteiger partial charge in [0.2, 0.25) is 5.76 Å². The zero-order valence-corrected chi connectivity index (χ0v) is 15.3. The lowest BCUT2D eigenvalue weighted by molar-refractivity contribution is -0.129. The smallest absolute Gasteiger partial charge is 0.375 e. The Labute approximate surface area is 165 Å². The van der Waals surface area contributed by atoms with Gasteiger partial charge in [-0.25, -0.2) is 9.18 Å². The molecular formula is C21H17FN2O5. The molecule has 3 aromatic rings. The molecule has 1 atom stereocenters. The Kier molecular flexibility index (Phi) is 6.03. The van der Waals surface area contributed by atoms with E-state index in [4.69, 9.17) is 9.15 Å². The van der Waals surface area contributed by atoms with E-state index >= 15 is 0 Å². The van der Waals surface area contributed by atoms with Gasteiger partial charge in [0.1, 0.15) is 11.6 Å². The standard InChI is InChI=1S/C21H17FN2O5/c1-13(19(25)23-24-20(26)15-5-3-2-4-6-15)28-21(27)18-12-11-17(29-18)14-7-9-16(22)10-8-14/h2-13H,1H3,(H,23,25)(H,24,26)/t13-/m1/s1. The summed E-state index contributed by atoms with van der Waals surface area (Å²) in [6.07, 6.45) is -1.18. The lowest BCUT2D eigenvalue weighted by Crippen LogP contribution is -2.46. The minimum Gasteiger partial charge on any atom is -0.449 e. The van der Waals surface area contributed by atoms with Crippen molar-refractivity contribution in [2.24, 2.45) is 0 Å². The van der Waals surface area contributed by atoms with E-state index in [0.29, 0.717) is 16.9 Å². The minimum atomic E-state index is -1.18. The molecule has 2 N–H and O–H groups in total. The number of carbonyl (C=O) groups is 3. The Hall–Kier alpha value is -3.94. The number of hydrazine groups is 1. The highest BCUT2D eigenvalue weighted by Crippen LogP contribution is 2.23. The number of rotatable bonds is 5. The van der Waals surface area contributed by atoms with E-state index in [1.165, 1.54) is 43.3 Å².